The van der Waals surface area contributed by atoms with Gasteiger partial charge in [-0.15, -0.1) is 0 Å². The van der Waals surface area contributed by atoms with Gasteiger partial charge in [0.05, 0.1) is 24.3 Å². The third-order valence-electron chi connectivity index (χ3n) is 3.21. The Kier molecular flexibility index (Phi) is 4.11. The first kappa shape index (κ1) is 13.9. The summed E-state index contributed by atoms with van der Waals surface area (Å²) < 4.78 is 32.2. The van der Waals surface area contributed by atoms with E-state index in [1.54, 1.807) is 6.92 Å². The van der Waals surface area contributed by atoms with Gasteiger partial charge in [-0.25, -0.2) is 8.78 Å². The lowest BCUT2D eigenvalue weighted by molar-refractivity contribution is -0.0427. The molecule has 2 N–H and O–H groups in total. The molecule has 0 radical (unpaired) electrons. The van der Waals surface area contributed by atoms with Crippen molar-refractivity contribution >= 4 is 5.91 Å². The monoisotopic (exact) mass is 270 g/mol. The number of hydrogen-bond donors (Lipinski definition) is 1. The maximum absolute atomic E-state index is 13.6. The highest BCUT2D eigenvalue weighted by Gasteiger charge is 2.31. The average Bonchev–Trinajstić information content (AvgIpc) is 2.42. The topological polar surface area (TPSA) is 55.6 Å². The summed E-state index contributed by atoms with van der Waals surface area (Å²) in [5.74, 6) is -2.68. The Morgan fingerprint density at radius 2 is 2.26 bits per heavy atom. The van der Waals surface area contributed by atoms with Crippen molar-refractivity contribution in [2.45, 2.75) is 19.1 Å². The van der Waals surface area contributed by atoms with E-state index >= 15 is 0 Å². The minimum atomic E-state index is -1.12. The molecule has 1 aliphatic rings. The number of rotatable bonds is 2. The molecule has 1 aromatic carbocycles. The summed E-state index contributed by atoms with van der Waals surface area (Å²) in [6.45, 7) is 2.70. The van der Waals surface area contributed by atoms with Crippen LogP contribution >= 0.6 is 0 Å². The number of carbonyl (C=O) groups excluding carboxylic acids is 1. The van der Waals surface area contributed by atoms with Gasteiger partial charge < -0.3 is 15.4 Å². The van der Waals surface area contributed by atoms with E-state index in [2.05, 4.69) is 0 Å². The summed E-state index contributed by atoms with van der Waals surface area (Å²) in [6, 6.07) is 3.38. The molecule has 2 atom stereocenters. The minimum absolute atomic E-state index is 0.196. The maximum Gasteiger partial charge on any atom is 0.257 e. The number of nitrogens with zero attached hydrogens (tertiary/aromatic N) is 1. The van der Waals surface area contributed by atoms with Crippen molar-refractivity contribution in [1.82, 2.24) is 4.90 Å². The molecule has 0 bridgehead atoms. The first-order valence-electron chi connectivity index (χ1n) is 6.11. The van der Waals surface area contributed by atoms with Crippen molar-refractivity contribution in [2.24, 2.45) is 5.73 Å². The van der Waals surface area contributed by atoms with Crippen molar-refractivity contribution in [3.05, 3.63) is 35.4 Å². The van der Waals surface area contributed by atoms with Gasteiger partial charge in [0.15, 0.2) is 11.6 Å². The van der Waals surface area contributed by atoms with Crippen LogP contribution in [0.15, 0.2) is 18.2 Å². The van der Waals surface area contributed by atoms with Gasteiger partial charge in [0.25, 0.3) is 5.91 Å². The van der Waals surface area contributed by atoms with Crippen LogP contribution in [0.5, 0.6) is 0 Å². The second-order valence-electron chi connectivity index (χ2n) is 4.60. The van der Waals surface area contributed by atoms with Crippen molar-refractivity contribution in [3.63, 3.8) is 0 Å². The van der Waals surface area contributed by atoms with Gasteiger partial charge >= 0.3 is 0 Å². The van der Waals surface area contributed by atoms with Crippen molar-refractivity contribution in [2.75, 3.05) is 19.7 Å². The summed E-state index contributed by atoms with van der Waals surface area (Å²) in [6.07, 6.45) is -0.267. The number of amides is 1. The van der Waals surface area contributed by atoms with Crippen LogP contribution < -0.4 is 5.73 Å². The zero-order chi connectivity index (χ0) is 14.0. The summed E-state index contributed by atoms with van der Waals surface area (Å²) in [7, 11) is 0. The van der Waals surface area contributed by atoms with Gasteiger partial charge in [0, 0.05) is 13.1 Å². The number of carbonyl (C=O) groups is 1. The molecule has 0 saturated carbocycles. The molecule has 104 valence electrons. The van der Waals surface area contributed by atoms with Gasteiger partial charge in [-0.1, -0.05) is 6.07 Å². The van der Waals surface area contributed by atoms with E-state index in [0.717, 1.165) is 6.07 Å². The molecule has 1 fully saturated rings. The van der Waals surface area contributed by atoms with E-state index in [4.69, 9.17) is 10.5 Å². The Balaban J connectivity index is 2.24. The SMILES string of the molecule is CC1COC(CN)CN1C(=O)c1cccc(F)c1F. The van der Waals surface area contributed by atoms with Gasteiger partial charge in [0.1, 0.15) is 0 Å². The van der Waals surface area contributed by atoms with Gasteiger partial charge in [-0.05, 0) is 19.1 Å². The van der Waals surface area contributed by atoms with Crippen LogP contribution in [0.4, 0.5) is 8.78 Å². The molecular formula is C13H16F2N2O2. The molecule has 0 aromatic heterocycles. The molecule has 1 amide bonds. The lowest BCUT2D eigenvalue weighted by Gasteiger charge is -2.37. The van der Waals surface area contributed by atoms with Crippen LogP contribution in [-0.4, -0.2) is 42.6 Å². The standard InChI is InChI=1S/C13H16F2N2O2/c1-8-7-19-9(5-16)6-17(8)13(18)10-3-2-4-11(14)12(10)15/h2-4,8-9H,5-7,16H2,1H3. The van der Waals surface area contributed by atoms with Gasteiger partial charge in [-0.3, -0.25) is 4.79 Å². The second kappa shape index (κ2) is 5.63. The lowest BCUT2D eigenvalue weighted by Crippen LogP contribution is -2.53. The smallest absolute Gasteiger partial charge is 0.257 e. The molecule has 1 aromatic rings. The summed E-state index contributed by atoms with van der Waals surface area (Å²) in [4.78, 5) is 13.7. The fourth-order valence-corrected chi connectivity index (χ4v) is 2.07. The highest BCUT2D eigenvalue weighted by molar-refractivity contribution is 5.94. The zero-order valence-electron chi connectivity index (χ0n) is 10.6. The average molecular weight is 270 g/mol. The molecule has 6 heteroatoms. The molecule has 4 nitrogen and oxygen atoms in total. The molecule has 0 aliphatic carbocycles. The van der Waals surface area contributed by atoms with Crippen LogP contribution in [0.25, 0.3) is 0 Å². The first-order chi connectivity index (χ1) is 9.04. The Hall–Kier alpha value is -1.53. The molecule has 1 aliphatic heterocycles. The molecule has 2 rings (SSSR count). The van der Waals surface area contributed by atoms with Crippen LogP contribution in [-0.2, 0) is 4.74 Å². The highest BCUT2D eigenvalue weighted by atomic mass is 19.2. The summed E-state index contributed by atoms with van der Waals surface area (Å²) >= 11 is 0. The molecule has 1 saturated heterocycles. The molecule has 2 unspecified atom stereocenters. The minimum Gasteiger partial charge on any atom is -0.373 e. The Morgan fingerprint density at radius 1 is 1.53 bits per heavy atom. The van der Waals surface area contributed by atoms with Crippen LogP contribution in [0.3, 0.4) is 0 Å². The van der Waals surface area contributed by atoms with Gasteiger partial charge in [-0.2, -0.15) is 0 Å². The summed E-state index contributed by atoms with van der Waals surface area (Å²) in [5, 5.41) is 0. The third-order valence-corrected chi connectivity index (χ3v) is 3.21. The molecular weight excluding hydrogens is 254 g/mol. The number of ether oxygens (including phenoxy) is 1. The van der Waals surface area contributed by atoms with Crippen LogP contribution in [0.2, 0.25) is 0 Å². The molecule has 19 heavy (non-hydrogen) atoms. The van der Waals surface area contributed by atoms with Crippen molar-refractivity contribution < 1.29 is 18.3 Å². The molecule has 1 heterocycles. The largest absolute Gasteiger partial charge is 0.373 e. The Bertz CT molecular complexity index is 482. The Labute approximate surface area is 110 Å². The zero-order valence-corrected chi connectivity index (χ0v) is 10.6. The third kappa shape index (κ3) is 2.74. The van der Waals surface area contributed by atoms with E-state index in [9.17, 15) is 13.6 Å². The van der Waals surface area contributed by atoms with Gasteiger partial charge in [0.2, 0.25) is 0 Å². The van der Waals surface area contributed by atoms with Crippen molar-refractivity contribution in [1.29, 1.82) is 0 Å². The van der Waals surface area contributed by atoms with E-state index in [1.807, 2.05) is 0 Å². The number of benzene rings is 1. The second-order valence-corrected chi connectivity index (χ2v) is 4.60. The predicted molar refractivity (Wildman–Crippen MR) is 65.7 cm³/mol. The number of hydrogen-bond acceptors (Lipinski definition) is 3. The fraction of sp³-hybridized carbons (Fsp3) is 0.462. The van der Waals surface area contributed by atoms with Crippen molar-refractivity contribution in [3.8, 4) is 0 Å². The number of halogens is 2. The quantitative estimate of drug-likeness (QED) is 0.877. The summed E-state index contributed by atoms with van der Waals surface area (Å²) in [5.41, 5.74) is 5.25. The number of morpholine rings is 1. The normalized spacial score (nSPS) is 23.5. The van der Waals surface area contributed by atoms with E-state index in [1.165, 1.54) is 17.0 Å². The first-order valence-corrected chi connectivity index (χ1v) is 6.11. The predicted octanol–water partition coefficient (Wildman–Crippen LogP) is 1.15. The van der Waals surface area contributed by atoms with Crippen LogP contribution in [0.1, 0.15) is 17.3 Å². The maximum atomic E-state index is 13.6. The van der Waals surface area contributed by atoms with E-state index in [0.29, 0.717) is 6.61 Å². The molecule has 0 spiro atoms. The van der Waals surface area contributed by atoms with E-state index < -0.39 is 17.5 Å². The van der Waals surface area contributed by atoms with Crippen LogP contribution in [0, 0.1) is 11.6 Å². The van der Waals surface area contributed by atoms with E-state index in [-0.39, 0.29) is 30.8 Å². The Morgan fingerprint density at radius 3 is 2.95 bits per heavy atom. The highest BCUT2D eigenvalue weighted by Crippen LogP contribution is 2.18. The number of nitrogens with two attached hydrogens (primary N) is 1. The fourth-order valence-electron chi connectivity index (χ4n) is 2.07. The lowest BCUT2D eigenvalue weighted by atomic mass is 10.1.